The summed E-state index contributed by atoms with van der Waals surface area (Å²) in [6.45, 7) is -1.42. The number of hydrogen-bond donors (Lipinski definition) is 1. The number of halogens is 1. The SMILES string of the molecule is OP(Br)c1ccc(-c2ccccc2)c(-c2ccccc2)c1-c1ccccc1. The second-order valence-electron chi connectivity index (χ2n) is 6.24. The summed E-state index contributed by atoms with van der Waals surface area (Å²) in [4.78, 5) is 10.5. The molecule has 0 saturated heterocycles. The molecule has 0 aromatic heterocycles. The zero-order valence-electron chi connectivity index (χ0n) is 14.6. The van der Waals surface area contributed by atoms with Crippen molar-refractivity contribution in [2.75, 3.05) is 0 Å². The maximum absolute atomic E-state index is 10.5. The number of hydrogen-bond acceptors (Lipinski definition) is 1. The highest BCUT2D eigenvalue weighted by Gasteiger charge is 2.20. The Hall–Kier alpha value is -2.25. The van der Waals surface area contributed by atoms with Crippen LogP contribution in [-0.4, -0.2) is 4.89 Å². The summed E-state index contributed by atoms with van der Waals surface area (Å²) >= 11 is 3.44. The first kappa shape index (κ1) is 18.1. The van der Waals surface area contributed by atoms with E-state index in [1.165, 1.54) is 0 Å². The standard InChI is InChI=1S/C24H18BrOP/c25-27(26)22-17-16-21(18-10-4-1-5-11-18)23(19-12-6-2-7-13-19)24(22)20-14-8-3-9-15-20/h1-17,26H. The second-order valence-corrected chi connectivity index (χ2v) is 9.26. The average Bonchev–Trinajstić information content (AvgIpc) is 2.74. The van der Waals surface area contributed by atoms with Crippen molar-refractivity contribution in [2.45, 2.75) is 0 Å². The first-order chi connectivity index (χ1) is 13.3. The van der Waals surface area contributed by atoms with Crippen LogP contribution in [0.5, 0.6) is 0 Å². The van der Waals surface area contributed by atoms with Crippen LogP contribution in [0.4, 0.5) is 0 Å². The van der Waals surface area contributed by atoms with Gasteiger partial charge >= 0.3 is 0 Å². The lowest BCUT2D eigenvalue weighted by atomic mass is 9.87. The van der Waals surface area contributed by atoms with Gasteiger partial charge in [0.05, 0.1) is 0 Å². The smallest absolute Gasteiger partial charge is 0.128 e. The van der Waals surface area contributed by atoms with Crippen LogP contribution in [0, 0.1) is 0 Å². The third-order valence-corrected chi connectivity index (χ3v) is 6.51. The summed E-state index contributed by atoms with van der Waals surface area (Å²) in [5, 5.41) is 0.926. The van der Waals surface area contributed by atoms with Gasteiger partial charge in [-0.15, -0.1) is 0 Å². The van der Waals surface area contributed by atoms with Crippen molar-refractivity contribution in [2.24, 2.45) is 0 Å². The maximum Gasteiger partial charge on any atom is 0.128 e. The van der Waals surface area contributed by atoms with Gasteiger partial charge < -0.3 is 4.89 Å². The Morgan fingerprint density at radius 1 is 0.519 bits per heavy atom. The van der Waals surface area contributed by atoms with Crippen molar-refractivity contribution < 1.29 is 4.89 Å². The monoisotopic (exact) mass is 432 g/mol. The molecule has 1 unspecified atom stereocenters. The van der Waals surface area contributed by atoms with Crippen molar-refractivity contribution >= 4 is 27.6 Å². The topological polar surface area (TPSA) is 20.2 Å². The van der Waals surface area contributed by atoms with Crippen LogP contribution in [-0.2, 0) is 0 Å². The molecule has 0 saturated carbocycles. The largest absolute Gasteiger partial charge is 0.359 e. The minimum absolute atomic E-state index is 0.926. The van der Waals surface area contributed by atoms with Crippen LogP contribution < -0.4 is 5.30 Å². The highest BCUT2D eigenvalue weighted by atomic mass is 79.9. The molecule has 3 heteroatoms. The Balaban J connectivity index is 2.11. The van der Waals surface area contributed by atoms with Gasteiger partial charge in [0.15, 0.2) is 0 Å². The summed E-state index contributed by atoms with van der Waals surface area (Å²) in [5.41, 5.74) is 6.79. The van der Waals surface area contributed by atoms with Crippen molar-refractivity contribution in [3.05, 3.63) is 103 Å². The molecule has 0 aliphatic carbocycles. The molecule has 4 rings (SSSR count). The van der Waals surface area contributed by atoms with Gasteiger partial charge in [-0.25, -0.2) is 0 Å². The van der Waals surface area contributed by atoms with Crippen LogP contribution in [0.3, 0.4) is 0 Å². The van der Waals surface area contributed by atoms with E-state index in [4.69, 9.17) is 0 Å². The molecule has 0 aliphatic heterocycles. The van der Waals surface area contributed by atoms with Gasteiger partial charge in [-0.2, -0.15) is 0 Å². The molecule has 0 bridgehead atoms. The first-order valence-electron chi connectivity index (χ1n) is 8.74. The van der Waals surface area contributed by atoms with Crippen molar-refractivity contribution in [1.82, 2.24) is 0 Å². The number of benzene rings is 4. The van der Waals surface area contributed by atoms with Gasteiger partial charge in [-0.1, -0.05) is 103 Å². The minimum Gasteiger partial charge on any atom is -0.359 e. The van der Waals surface area contributed by atoms with E-state index in [0.717, 1.165) is 38.7 Å². The molecule has 1 atom stereocenters. The molecule has 4 aromatic carbocycles. The van der Waals surface area contributed by atoms with Crippen LogP contribution in [0.15, 0.2) is 103 Å². The Morgan fingerprint density at radius 2 is 0.963 bits per heavy atom. The first-order valence-corrected chi connectivity index (χ1v) is 12.0. The van der Waals surface area contributed by atoms with Gasteiger partial charge in [-0.05, 0) is 43.3 Å². The summed E-state index contributed by atoms with van der Waals surface area (Å²) < 4.78 is 0. The van der Waals surface area contributed by atoms with Gasteiger partial charge in [0.2, 0.25) is 0 Å². The van der Waals surface area contributed by atoms with Crippen LogP contribution >= 0.6 is 22.3 Å². The van der Waals surface area contributed by atoms with Crippen LogP contribution in [0.25, 0.3) is 33.4 Å². The highest BCUT2D eigenvalue weighted by molar-refractivity contribution is 9.39. The normalized spacial score (nSPS) is 11.9. The fourth-order valence-corrected chi connectivity index (χ4v) is 4.91. The van der Waals surface area contributed by atoms with E-state index in [1.807, 2.05) is 36.4 Å². The zero-order valence-corrected chi connectivity index (χ0v) is 17.1. The maximum atomic E-state index is 10.5. The third-order valence-electron chi connectivity index (χ3n) is 4.59. The fourth-order valence-electron chi connectivity index (χ4n) is 3.41. The second kappa shape index (κ2) is 8.19. The Morgan fingerprint density at radius 3 is 1.44 bits per heavy atom. The minimum atomic E-state index is -1.42. The molecule has 1 N–H and O–H groups in total. The van der Waals surface area contributed by atoms with E-state index < -0.39 is 6.85 Å². The van der Waals surface area contributed by atoms with E-state index in [1.54, 1.807) is 0 Å². The molecule has 1 nitrogen and oxygen atoms in total. The van der Waals surface area contributed by atoms with Crippen LogP contribution in [0.1, 0.15) is 0 Å². The Bertz CT molecular complexity index is 1030. The quantitative estimate of drug-likeness (QED) is 0.343. The molecule has 4 aromatic rings. The fraction of sp³-hybridized carbons (Fsp3) is 0. The average molecular weight is 433 g/mol. The summed E-state index contributed by atoms with van der Waals surface area (Å²) in [7, 11) is 0. The van der Waals surface area contributed by atoms with Crippen molar-refractivity contribution in [3.8, 4) is 33.4 Å². The lowest BCUT2D eigenvalue weighted by Crippen LogP contribution is -2.06. The summed E-state index contributed by atoms with van der Waals surface area (Å²) in [5.74, 6) is 0. The predicted molar refractivity (Wildman–Crippen MR) is 120 cm³/mol. The van der Waals surface area contributed by atoms with Gasteiger partial charge in [-0.3, -0.25) is 0 Å². The molecular formula is C24H18BrOP. The van der Waals surface area contributed by atoms with E-state index in [-0.39, 0.29) is 0 Å². The van der Waals surface area contributed by atoms with Gasteiger partial charge in [0.1, 0.15) is 6.85 Å². The molecule has 0 amide bonds. The zero-order chi connectivity index (χ0) is 18.6. The van der Waals surface area contributed by atoms with Gasteiger partial charge in [0.25, 0.3) is 0 Å². The van der Waals surface area contributed by atoms with Crippen molar-refractivity contribution in [3.63, 3.8) is 0 Å². The van der Waals surface area contributed by atoms with Crippen molar-refractivity contribution in [1.29, 1.82) is 0 Å². The molecule has 0 aliphatic rings. The highest BCUT2D eigenvalue weighted by Crippen LogP contribution is 2.47. The van der Waals surface area contributed by atoms with Crippen LogP contribution in [0.2, 0.25) is 0 Å². The number of rotatable bonds is 4. The molecule has 27 heavy (non-hydrogen) atoms. The summed E-state index contributed by atoms with van der Waals surface area (Å²) in [6, 6.07) is 35.3. The third kappa shape index (κ3) is 3.75. The molecule has 0 heterocycles. The van der Waals surface area contributed by atoms with E-state index >= 15 is 0 Å². The lowest BCUT2D eigenvalue weighted by Gasteiger charge is -2.20. The Labute approximate surface area is 168 Å². The van der Waals surface area contributed by atoms with E-state index in [2.05, 4.69) is 82.2 Å². The molecule has 0 fully saturated rings. The summed E-state index contributed by atoms with van der Waals surface area (Å²) in [6.07, 6.45) is 0. The van der Waals surface area contributed by atoms with E-state index in [9.17, 15) is 4.89 Å². The lowest BCUT2D eigenvalue weighted by molar-refractivity contribution is 0.651. The van der Waals surface area contributed by atoms with E-state index in [0.29, 0.717) is 0 Å². The molecule has 0 radical (unpaired) electrons. The van der Waals surface area contributed by atoms with Gasteiger partial charge in [0, 0.05) is 10.9 Å². The Kier molecular flexibility index (Phi) is 5.50. The predicted octanol–water partition coefficient (Wildman–Crippen LogP) is 7.01. The molecule has 0 spiro atoms. The molecule has 132 valence electrons. The molecular weight excluding hydrogens is 415 g/mol.